The summed E-state index contributed by atoms with van der Waals surface area (Å²) in [5.41, 5.74) is 0. The molecule has 1 fully saturated rings. The minimum absolute atomic E-state index is 0.405. The zero-order valence-corrected chi connectivity index (χ0v) is 10.4. The number of hydrogen-bond acceptors (Lipinski definition) is 3. The third kappa shape index (κ3) is 4.02. The van der Waals surface area contributed by atoms with Crippen molar-refractivity contribution in [3.05, 3.63) is 30.3 Å². The van der Waals surface area contributed by atoms with E-state index in [9.17, 15) is 0 Å². The Morgan fingerprint density at radius 2 is 2.24 bits per heavy atom. The van der Waals surface area contributed by atoms with Gasteiger partial charge in [0.2, 0.25) is 0 Å². The maximum atomic E-state index is 5.77. The summed E-state index contributed by atoms with van der Waals surface area (Å²) in [7, 11) is 0. The van der Waals surface area contributed by atoms with E-state index in [0.29, 0.717) is 12.1 Å². The van der Waals surface area contributed by atoms with Gasteiger partial charge in [0.1, 0.15) is 12.4 Å². The summed E-state index contributed by atoms with van der Waals surface area (Å²) in [5, 5.41) is 3.59. The van der Waals surface area contributed by atoms with Gasteiger partial charge in [0.15, 0.2) is 0 Å². The summed E-state index contributed by atoms with van der Waals surface area (Å²) >= 11 is 0. The van der Waals surface area contributed by atoms with Crippen LogP contribution in [0.5, 0.6) is 5.75 Å². The molecule has 0 aromatic heterocycles. The van der Waals surface area contributed by atoms with Crippen LogP contribution in [0.2, 0.25) is 0 Å². The van der Waals surface area contributed by atoms with Crippen molar-refractivity contribution in [3.8, 4) is 5.75 Å². The first-order valence-electron chi connectivity index (χ1n) is 6.40. The summed E-state index contributed by atoms with van der Waals surface area (Å²) in [6.45, 7) is 4.62. The number of ether oxygens (including phenoxy) is 2. The Labute approximate surface area is 103 Å². The number of nitrogens with one attached hydrogen (secondary N) is 1. The highest BCUT2D eigenvalue weighted by molar-refractivity contribution is 5.20. The van der Waals surface area contributed by atoms with Gasteiger partial charge in [-0.25, -0.2) is 0 Å². The Morgan fingerprint density at radius 1 is 1.41 bits per heavy atom. The summed E-state index contributed by atoms with van der Waals surface area (Å²) in [6, 6.07) is 10.9. The fourth-order valence-corrected chi connectivity index (χ4v) is 2.00. The molecule has 2 atom stereocenters. The third-order valence-corrected chi connectivity index (χ3v) is 3.09. The Hall–Kier alpha value is -1.06. The van der Waals surface area contributed by atoms with Crippen LogP contribution in [0, 0.1) is 0 Å². The minimum atomic E-state index is 0.405. The molecule has 0 bridgehead atoms. The van der Waals surface area contributed by atoms with Gasteiger partial charge in [0, 0.05) is 18.7 Å². The molecule has 0 unspecified atom stereocenters. The number of benzene rings is 1. The predicted molar refractivity (Wildman–Crippen MR) is 68.4 cm³/mol. The molecule has 1 aliphatic rings. The largest absolute Gasteiger partial charge is 0.492 e. The van der Waals surface area contributed by atoms with Crippen LogP contribution in [0.15, 0.2) is 30.3 Å². The van der Waals surface area contributed by atoms with E-state index in [1.54, 1.807) is 0 Å². The van der Waals surface area contributed by atoms with Crippen LogP contribution in [0.4, 0.5) is 0 Å². The molecule has 17 heavy (non-hydrogen) atoms. The average molecular weight is 235 g/mol. The molecule has 3 heteroatoms. The van der Waals surface area contributed by atoms with Crippen LogP contribution in [0.25, 0.3) is 0 Å². The molecule has 1 heterocycles. The maximum Gasteiger partial charge on any atom is 0.119 e. The molecule has 0 aliphatic carbocycles. The van der Waals surface area contributed by atoms with Gasteiger partial charge >= 0.3 is 0 Å². The molecule has 3 nitrogen and oxygen atoms in total. The van der Waals surface area contributed by atoms with Crippen molar-refractivity contribution in [3.63, 3.8) is 0 Å². The van der Waals surface area contributed by atoms with Gasteiger partial charge in [0.05, 0.1) is 6.61 Å². The van der Waals surface area contributed by atoms with E-state index in [2.05, 4.69) is 12.2 Å². The monoisotopic (exact) mass is 235 g/mol. The molecule has 1 aromatic rings. The molecular weight excluding hydrogens is 214 g/mol. The fourth-order valence-electron chi connectivity index (χ4n) is 2.00. The molecule has 1 N–H and O–H groups in total. The number of rotatable bonds is 6. The van der Waals surface area contributed by atoms with E-state index in [4.69, 9.17) is 9.47 Å². The van der Waals surface area contributed by atoms with Gasteiger partial charge < -0.3 is 14.8 Å². The second-order valence-corrected chi connectivity index (χ2v) is 4.46. The summed E-state index contributed by atoms with van der Waals surface area (Å²) < 4.78 is 11.1. The standard InChI is InChI=1S/C14H21NO2/c1-2-12(15-13-8-9-16-10-13)11-17-14-6-4-3-5-7-14/h3-7,12-13,15H,2,8-11H2,1H3/t12-,13+/m0/s1. The third-order valence-electron chi connectivity index (χ3n) is 3.09. The Balaban J connectivity index is 1.75. The molecule has 0 saturated carbocycles. The average Bonchev–Trinajstić information content (AvgIpc) is 2.88. The lowest BCUT2D eigenvalue weighted by Gasteiger charge is -2.21. The van der Waals surface area contributed by atoms with Gasteiger partial charge in [-0.2, -0.15) is 0 Å². The van der Waals surface area contributed by atoms with E-state index < -0.39 is 0 Å². The molecule has 0 amide bonds. The van der Waals surface area contributed by atoms with Crippen molar-refractivity contribution >= 4 is 0 Å². The SMILES string of the molecule is CC[C@@H](COc1ccccc1)N[C@@H]1CCOC1. The topological polar surface area (TPSA) is 30.5 Å². The second kappa shape index (κ2) is 6.62. The molecule has 94 valence electrons. The quantitative estimate of drug-likeness (QED) is 0.820. The molecule has 1 aromatic carbocycles. The molecule has 0 spiro atoms. The van der Waals surface area contributed by atoms with E-state index in [1.165, 1.54) is 0 Å². The molecule has 1 aliphatic heterocycles. The lowest BCUT2D eigenvalue weighted by Crippen LogP contribution is -2.41. The van der Waals surface area contributed by atoms with Gasteiger partial charge in [0.25, 0.3) is 0 Å². The van der Waals surface area contributed by atoms with Gasteiger partial charge in [-0.3, -0.25) is 0 Å². The van der Waals surface area contributed by atoms with Crippen LogP contribution in [0.3, 0.4) is 0 Å². The first-order valence-corrected chi connectivity index (χ1v) is 6.40. The fraction of sp³-hybridized carbons (Fsp3) is 0.571. The summed E-state index contributed by atoms with van der Waals surface area (Å²) in [6.07, 6.45) is 2.19. The van der Waals surface area contributed by atoms with Crippen LogP contribution in [-0.2, 0) is 4.74 Å². The van der Waals surface area contributed by atoms with Crippen molar-refractivity contribution in [2.45, 2.75) is 31.8 Å². The predicted octanol–water partition coefficient (Wildman–Crippen LogP) is 2.22. The Morgan fingerprint density at radius 3 is 2.88 bits per heavy atom. The van der Waals surface area contributed by atoms with Crippen molar-refractivity contribution < 1.29 is 9.47 Å². The van der Waals surface area contributed by atoms with Crippen LogP contribution in [0.1, 0.15) is 19.8 Å². The van der Waals surface area contributed by atoms with Gasteiger partial charge in [-0.05, 0) is 25.0 Å². The highest BCUT2D eigenvalue weighted by Crippen LogP contribution is 2.10. The summed E-state index contributed by atoms with van der Waals surface area (Å²) in [4.78, 5) is 0. The van der Waals surface area contributed by atoms with Crippen molar-refractivity contribution in [2.75, 3.05) is 19.8 Å². The maximum absolute atomic E-state index is 5.77. The highest BCUT2D eigenvalue weighted by Gasteiger charge is 2.18. The lowest BCUT2D eigenvalue weighted by atomic mass is 10.2. The molecule has 0 radical (unpaired) electrons. The first-order chi connectivity index (χ1) is 8.38. The van der Waals surface area contributed by atoms with Crippen LogP contribution < -0.4 is 10.1 Å². The normalized spacial score (nSPS) is 21.4. The van der Waals surface area contributed by atoms with E-state index in [-0.39, 0.29) is 0 Å². The Bertz CT molecular complexity index is 309. The first kappa shape index (κ1) is 12.4. The van der Waals surface area contributed by atoms with E-state index in [0.717, 1.165) is 38.4 Å². The Kier molecular flexibility index (Phi) is 4.83. The number of hydrogen-bond donors (Lipinski definition) is 1. The number of para-hydroxylation sites is 1. The zero-order valence-electron chi connectivity index (χ0n) is 10.4. The van der Waals surface area contributed by atoms with Crippen molar-refractivity contribution in [2.24, 2.45) is 0 Å². The lowest BCUT2D eigenvalue weighted by molar-refractivity contribution is 0.182. The zero-order chi connectivity index (χ0) is 11.9. The second-order valence-electron chi connectivity index (χ2n) is 4.46. The molecule has 2 rings (SSSR count). The van der Waals surface area contributed by atoms with Gasteiger partial charge in [-0.1, -0.05) is 25.1 Å². The van der Waals surface area contributed by atoms with Gasteiger partial charge in [-0.15, -0.1) is 0 Å². The smallest absolute Gasteiger partial charge is 0.119 e. The van der Waals surface area contributed by atoms with Crippen LogP contribution >= 0.6 is 0 Å². The highest BCUT2D eigenvalue weighted by atomic mass is 16.5. The van der Waals surface area contributed by atoms with Crippen molar-refractivity contribution in [1.82, 2.24) is 5.32 Å². The molecular formula is C14H21NO2. The van der Waals surface area contributed by atoms with E-state index >= 15 is 0 Å². The molecule has 1 saturated heterocycles. The van der Waals surface area contributed by atoms with E-state index in [1.807, 2.05) is 30.3 Å². The van der Waals surface area contributed by atoms with Crippen LogP contribution in [-0.4, -0.2) is 31.9 Å². The summed E-state index contributed by atoms with van der Waals surface area (Å²) in [5.74, 6) is 0.940. The van der Waals surface area contributed by atoms with Crippen molar-refractivity contribution in [1.29, 1.82) is 0 Å². The minimum Gasteiger partial charge on any atom is -0.492 e.